The van der Waals surface area contributed by atoms with E-state index in [-0.39, 0.29) is 18.9 Å². The Morgan fingerprint density at radius 2 is 1.92 bits per heavy atom. The summed E-state index contributed by atoms with van der Waals surface area (Å²) in [5.41, 5.74) is 5.93. The fraction of sp³-hybridized carbons (Fsp3) is 0.444. The second-order valence-electron chi connectivity index (χ2n) is 5.22. The van der Waals surface area contributed by atoms with E-state index in [9.17, 15) is 18.0 Å². The molecule has 0 aliphatic rings. The Hall–Kier alpha value is -2.53. The molecular formula is C18H21F3N2O3. The van der Waals surface area contributed by atoms with Crippen molar-refractivity contribution >= 4 is 11.7 Å². The van der Waals surface area contributed by atoms with E-state index in [0.29, 0.717) is 11.3 Å². The number of benzene rings is 1. The SMILES string of the molecule is CC#CCOc1ccc(C(C)=NC(C(=O)OCC)C(N)C(F)(F)F)cc1. The highest BCUT2D eigenvalue weighted by Crippen LogP contribution is 2.24. The second kappa shape index (κ2) is 9.82. The van der Waals surface area contributed by atoms with Crippen LogP contribution in [0.5, 0.6) is 5.75 Å². The van der Waals surface area contributed by atoms with E-state index in [4.69, 9.17) is 10.5 Å². The van der Waals surface area contributed by atoms with Gasteiger partial charge in [-0.25, -0.2) is 4.79 Å². The van der Waals surface area contributed by atoms with E-state index in [1.54, 1.807) is 31.2 Å². The second-order valence-corrected chi connectivity index (χ2v) is 5.22. The lowest BCUT2D eigenvalue weighted by Crippen LogP contribution is -2.50. The monoisotopic (exact) mass is 370 g/mol. The number of rotatable bonds is 7. The summed E-state index contributed by atoms with van der Waals surface area (Å²) in [7, 11) is 0. The summed E-state index contributed by atoms with van der Waals surface area (Å²) in [5, 5.41) is 0. The number of carbonyl (C=O) groups is 1. The molecule has 142 valence electrons. The molecule has 0 saturated carbocycles. The summed E-state index contributed by atoms with van der Waals surface area (Å²) in [6.45, 7) is 4.84. The number of hydrogen-bond donors (Lipinski definition) is 1. The van der Waals surface area contributed by atoms with Crippen LogP contribution >= 0.6 is 0 Å². The number of carbonyl (C=O) groups excluding carboxylic acids is 1. The number of hydrogen-bond acceptors (Lipinski definition) is 5. The molecule has 0 spiro atoms. The van der Waals surface area contributed by atoms with E-state index >= 15 is 0 Å². The summed E-state index contributed by atoms with van der Waals surface area (Å²) in [6.07, 6.45) is -4.78. The molecule has 0 aromatic heterocycles. The minimum atomic E-state index is -4.78. The number of esters is 1. The first-order valence-corrected chi connectivity index (χ1v) is 7.86. The third-order valence-corrected chi connectivity index (χ3v) is 3.34. The number of halogens is 3. The number of nitrogens with zero attached hydrogens (tertiary/aromatic N) is 1. The molecule has 0 amide bonds. The summed E-state index contributed by atoms with van der Waals surface area (Å²) < 4.78 is 48.8. The van der Waals surface area contributed by atoms with E-state index < -0.39 is 24.2 Å². The summed E-state index contributed by atoms with van der Waals surface area (Å²) >= 11 is 0. The van der Waals surface area contributed by atoms with Crippen LogP contribution < -0.4 is 10.5 Å². The van der Waals surface area contributed by atoms with Crippen LogP contribution in [-0.2, 0) is 9.53 Å². The Morgan fingerprint density at radius 3 is 2.42 bits per heavy atom. The van der Waals surface area contributed by atoms with Crippen molar-refractivity contribution < 1.29 is 27.4 Å². The average Bonchev–Trinajstić information content (AvgIpc) is 2.59. The van der Waals surface area contributed by atoms with Crippen LogP contribution in [0, 0.1) is 11.8 Å². The Morgan fingerprint density at radius 1 is 1.31 bits per heavy atom. The summed E-state index contributed by atoms with van der Waals surface area (Å²) in [4.78, 5) is 15.7. The fourth-order valence-corrected chi connectivity index (χ4v) is 1.95. The highest BCUT2D eigenvalue weighted by Gasteiger charge is 2.46. The van der Waals surface area contributed by atoms with Crippen molar-refractivity contribution in [3.8, 4) is 17.6 Å². The van der Waals surface area contributed by atoms with Crippen molar-refractivity contribution in [1.29, 1.82) is 0 Å². The number of nitrogens with two attached hydrogens (primary N) is 1. The van der Waals surface area contributed by atoms with E-state index in [0.717, 1.165) is 0 Å². The van der Waals surface area contributed by atoms with Crippen LogP contribution in [0.15, 0.2) is 29.3 Å². The quantitative estimate of drug-likeness (QED) is 0.455. The normalized spacial score (nSPS) is 14.0. The molecule has 0 radical (unpaired) electrons. The lowest BCUT2D eigenvalue weighted by atomic mass is 10.1. The van der Waals surface area contributed by atoms with Crippen molar-refractivity contribution in [3.05, 3.63) is 29.8 Å². The molecule has 1 aromatic rings. The predicted molar refractivity (Wildman–Crippen MR) is 92.0 cm³/mol. The maximum atomic E-state index is 12.9. The third kappa shape index (κ3) is 6.41. The fourth-order valence-electron chi connectivity index (χ4n) is 1.95. The molecule has 5 nitrogen and oxygen atoms in total. The topological polar surface area (TPSA) is 73.9 Å². The van der Waals surface area contributed by atoms with Gasteiger partial charge >= 0.3 is 12.1 Å². The van der Waals surface area contributed by atoms with Crippen molar-refractivity contribution in [3.63, 3.8) is 0 Å². The van der Waals surface area contributed by atoms with Crippen molar-refractivity contribution in [2.45, 2.75) is 39.0 Å². The summed E-state index contributed by atoms with van der Waals surface area (Å²) in [6, 6.07) is 2.19. The lowest BCUT2D eigenvalue weighted by molar-refractivity contribution is -0.167. The van der Waals surface area contributed by atoms with Crippen LogP contribution in [0.2, 0.25) is 0 Å². The molecule has 26 heavy (non-hydrogen) atoms. The molecule has 0 fully saturated rings. The van der Waals surface area contributed by atoms with Crippen LogP contribution in [-0.4, -0.2) is 43.2 Å². The Labute approximate surface area is 150 Å². The molecule has 1 rings (SSSR count). The molecule has 0 aliphatic heterocycles. The Kier molecular flexibility index (Phi) is 8.13. The number of alkyl halides is 3. The van der Waals surface area contributed by atoms with Crippen molar-refractivity contribution in [2.24, 2.45) is 10.7 Å². The third-order valence-electron chi connectivity index (χ3n) is 3.34. The Bertz CT molecular complexity index is 688. The van der Waals surface area contributed by atoms with Gasteiger partial charge in [-0.1, -0.05) is 5.92 Å². The minimum Gasteiger partial charge on any atom is -0.481 e. The van der Waals surface area contributed by atoms with Gasteiger partial charge in [0.05, 0.1) is 6.61 Å². The van der Waals surface area contributed by atoms with Gasteiger partial charge in [0.2, 0.25) is 0 Å². The first-order chi connectivity index (χ1) is 12.2. The van der Waals surface area contributed by atoms with E-state index in [2.05, 4.69) is 21.6 Å². The molecule has 2 N–H and O–H groups in total. The molecule has 2 atom stereocenters. The molecule has 1 aromatic carbocycles. The molecule has 2 unspecified atom stereocenters. The van der Waals surface area contributed by atoms with Gasteiger partial charge < -0.3 is 15.2 Å². The number of ether oxygens (including phenoxy) is 2. The van der Waals surface area contributed by atoms with Crippen LogP contribution in [0.1, 0.15) is 26.3 Å². The molecule has 8 heteroatoms. The van der Waals surface area contributed by atoms with Gasteiger partial charge in [0, 0.05) is 5.71 Å². The maximum absolute atomic E-state index is 12.9. The van der Waals surface area contributed by atoms with Gasteiger partial charge in [-0.2, -0.15) is 13.2 Å². The first-order valence-electron chi connectivity index (χ1n) is 7.86. The predicted octanol–water partition coefficient (Wildman–Crippen LogP) is 2.72. The zero-order valence-corrected chi connectivity index (χ0v) is 14.8. The Balaban J connectivity index is 3.03. The van der Waals surface area contributed by atoms with Crippen LogP contribution in [0.3, 0.4) is 0 Å². The smallest absolute Gasteiger partial charge is 0.406 e. The van der Waals surface area contributed by atoms with Gasteiger partial charge in [-0.15, -0.1) is 5.92 Å². The largest absolute Gasteiger partial charge is 0.481 e. The zero-order valence-electron chi connectivity index (χ0n) is 14.8. The first kappa shape index (κ1) is 21.5. The van der Waals surface area contributed by atoms with Crippen LogP contribution in [0.4, 0.5) is 13.2 Å². The number of aliphatic imine (C=N–C) groups is 1. The van der Waals surface area contributed by atoms with Gasteiger partial charge in [0.15, 0.2) is 6.04 Å². The standard InChI is InChI=1S/C18H21F3N2O3/c1-4-6-11-26-14-9-7-13(8-10-14)12(3)23-15(17(24)25-5-2)16(22)18(19,20)21/h7-10,15-16H,5,11,22H2,1-3H3. The van der Waals surface area contributed by atoms with Crippen molar-refractivity contribution in [1.82, 2.24) is 0 Å². The highest BCUT2D eigenvalue weighted by atomic mass is 19.4. The molecule has 0 saturated heterocycles. The maximum Gasteiger partial charge on any atom is 0.406 e. The zero-order chi connectivity index (χ0) is 19.7. The van der Waals surface area contributed by atoms with Gasteiger partial charge in [0.25, 0.3) is 0 Å². The van der Waals surface area contributed by atoms with Gasteiger partial charge in [0.1, 0.15) is 18.4 Å². The molecular weight excluding hydrogens is 349 g/mol. The lowest BCUT2D eigenvalue weighted by Gasteiger charge is -2.22. The molecule has 0 bridgehead atoms. The molecule has 0 heterocycles. The van der Waals surface area contributed by atoms with E-state index in [1.807, 2.05) is 0 Å². The summed E-state index contributed by atoms with van der Waals surface area (Å²) in [5.74, 6) is 4.87. The van der Waals surface area contributed by atoms with E-state index in [1.165, 1.54) is 13.8 Å². The minimum absolute atomic E-state index is 0.0683. The molecule has 0 aliphatic carbocycles. The van der Waals surface area contributed by atoms with Crippen molar-refractivity contribution in [2.75, 3.05) is 13.2 Å². The van der Waals surface area contributed by atoms with Crippen LogP contribution in [0.25, 0.3) is 0 Å². The average molecular weight is 370 g/mol. The van der Waals surface area contributed by atoms with Gasteiger partial charge in [-0.05, 0) is 50.6 Å². The highest BCUT2D eigenvalue weighted by molar-refractivity contribution is 6.00. The van der Waals surface area contributed by atoms with Gasteiger partial charge in [-0.3, -0.25) is 4.99 Å².